The average molecular weight is 310 g/mol. The summed E-state index contributed by atoms with van der Waals surface area (Å²) in [5.41, 5.74) is 6.23. The molecule has 0 radical (unpaired) electrons. The van der Waals surface area contributed by atoms with Crippen LogP contribution in [0.4, 0.5) is 0 Å². The Bertz CT molecular complexity index is 549. The zero-order valence-electron chi connectivity index (χ0n) is 9.76. The summed E-state index contributed by atoms with van der Waals surface area (Å²) in [5, 5.41) is 0. The van der Waals surface area contributed by atoms with Gasteiger partial charge in [0.1, 0.15) is 11.5 Å². The van der Waals surface area contributed by atoms with Crippen LogP contribution in [-0.2, 0) is 6.54 Å². The van der Waals surface area contributed by atoms with Crippen LogP contribution in [0.3, 0.4) is 0 Å². The number of halogens is 1. The molecule has 0 atom stereocenters. The van der Waals surface area contributed by atoms with Crippen LogP contribution in [0.2, 0.25) is 0 Å². The maximum absolute atomic E-state index is 5.57. The van der Waals surface area contributed by atoms with Gasteiger partial charge in [0.2, 0.25) is 0 Å². The van der Waals surface area contributed by atoms with Gasteiger partial charge < -0.3 is 15.2 Å². The molecule has 0 amide bonds. The van der Waals surface area contributed by atoms with Crippen LogP contribution in [0, 0.1) is 0 Å². The lowest BCUT2D eigenvalue weighted by Gasteiger charge is -2.08. The van der Waals surface area contributed by atoms with Gasteiger partial charge in [0.15, 0.2) is 0 Å². The van der Waals surface area contributed by atoms with Gasteiger partial charge in [-0.1, -0.05) is 0 Å². The van der Waals surface area contributed by atoms with E-state index in [0.29, 0.717) is 12.3 Å². The van der Waals surface area contributed by atoms with Crippen molar-refractivity contribution >= 4 is 15.9 Å². The van der Waals surface area contributed by atoms with E-state index in [1.807, 2.05) is 6.07 Å². The molecule has 18 heavy (non-hydrogen) atoms. The maximum Gasteiger partial charge on any atom is 0.322 e. The molecule has 0 aliphatic carbocycles. The fourth-order valence-electron chi connectivity index (χ4n) is 1.33. The van der Waals surface area contributed by atoms with E-state index >= 15 is 0 Å². The van der Waals surface area contributed by atoms with Crippen LogP contribution >= 0.6 is 15.9 Å². The molecule has 0 aliphatic rings. The highest BCUT2D eigenvalue weighted by molar-refractivity contribution is 9.10. The minimum absolute atomic E-state index is 0.267. The summed E-state index contributed by atoms with van der Waals surface area (Å²) in [6.07, 6.45) is 1.61. The fraction of sp³-hybridized carbons (Fsp3) is 0.167. The van der Waals surface area contributed by atoms with Gasteiger partial charge >= 0.3 is 6.01 Å². The van der Waals surface area contributed by atoms with Crippen molar-refractivity contribution < 1.29 is 9.47 Å². The summed E-state index contributed by atoms with van der Waals surface area (Å²) in [4.78, 5) is 8.19. The SMILES string of the molecule is COc1ccc(Oc2nccc(CN)n2)c(Br)c1. The molecule has 1 heterocycles. The lowest BCUT2D eigenvalue weighted by molar-refractivity contribution is 0.409. The number of nitrogens with zero attached hydrogens (tertiary/aromatic N) is 2. The summed E-state index contributed by atoms with van der Waals surface area (Å²) in [5.74, 6) is 1.36. The second-order valence-electron chi connectivity index (χ2n) is 3.43. The summed E-state index contributed by atoms with van der Waals surface area (Å²) in [6.45, 7) is 0.350. The van der Waals surface area contributed by atoms with Crippen molar-refractivity contribution in [3.05, 3.63) is 40.6 Å². The van der Waals surface area contributed by atoms with E-state index in [4.69, 9.17) is 15.2 Å². The quantitative estimate of drug-likeness (QED) is 0.939. The number of nitrogens with two attached hydrogens (primary N) is 1. The Kier molecular flexibility index (Phi) is 4.11. The first kappa shape index (κ1) is 12.8. The van der Waals surface area contributed by atoms with Crippen molar-refractivity contribution in [2.45, 2.75) is 6.54 Å². The smallest absolute Gasteiger partial charge is 0.322 e. The standard InChI is InChI=1S/C12H12BrN3O2/c1-17-9-2-3-11(10(13)6-9)18-12-15-5-4-8(7-14)16-12/h2-6H,7,14H2,1H3. The van der Waals surface area contributed by atoms with Gasteiger partial charge in [-0.25, -0.2) is 4.98 Å². The van der Waals surface area contributed by atoms with Crippen molar-refractivity contribution in [2.24, 2.45) is 5.73 Å². The molecule has 2 N–H and O–H groups in total. The first-order valence-corrected chi connectivity index (χ1v) is 6.05. The molecule has 1 aromatic carbocycles. The van der Waals surface area contributed by atoms with Crippen LogP contribution in [0.5, 0.6) is 17.5 Å². The zero-order chi connectivity index (χ0) is 13.0. The highest BCUT2D eigenvalue weighted by Gasteiger charge is 2.06. The molecule has 2 aromatic rings. The molecule has 0 fully saturated rings. The van der Waals surface area contributed by atoms with Crippen LogP contribution in [0.25, 0.3) is 0 Å². The summed E-state index contributed by atoms with van der Waals surface area (Å²) in [6, 6.07) is 7.40. The van der Waals surface area contributed by atoms with E-state index < -0.39 is 0 Å². The maximum atomic E-state index is 5.57. The second kappa shape index (κ2) is 5.79. The highest BCUT2D eigenvalue weighted by atomic mass is 79.9. The molecule has 2 rings (SSSR count). The normalized spacial score (nSPS) is 10.2. The summed E-state index contributed by atoms with van der Waals surface area (Å²) < 4.78 is 11.4. The predicted molar refractivity (Wildman–Crippen MR) is 70.7 cm³/mol. The third-order valence-corrected chi connectivity index (χ3v) is 2.86. The van der Waals surface area contributed by atoms with Gasteiger partial charge in [-0.05, 0) is 40.2 Å². The Balaban J connectivity index is 2.22. The molecule has 5 nitrogen and oxygen atoms in total. The number of rotatable bonds is 4. The van der Waals surface area contributed by atoms with Gasteiger partial charge in [0.05, 0.1) is 17.3 Å². The Hall–Kier alpha value is -1.66. The number of benzene rings is 1. The largest absolute Gasteiger partial charge is 0.497 e. The Morgan fingerprint density at radius 3 is 2.83 bits per heavy atom. The summed E-state index contributed by atoms with van der Waals surface area (Å²) in [7, 11) is 1.61. The van der Waals surface area contributed by atoms with Crippen molar-refractivity contribution in [3.63, 3.8) is 0 Å². The average Bonchev–Trinajstić information content (AvgIpc) is 2.41. The van der Waals surface area contributed by atoms with Crippen LogP contribution in [0.15, 0.2) is 34.9 Å². The molecule has 0 bridgehead atoms. The molecular formula is C12H12BrN3O2. The number of aromatic nitrogens is 2. The first-order valence-electron chi connectivity index (χ1n) is 5.26. The van der Waals surface area contributed by atoms with E-state index in [2.05, 4.69) is 25.9 Å². The molecule has 0 saturated heterocycles. The number of methoxy groups -OCH3 is 1. The van der Waals surface area contributed by atoms with Gasteiger partial charge in [-0.2, -0.15) is 4.98 Å². The Labute approximate surface area is 113 Å². The third kappa shape index (κ3) is 2.96. The molecule has 6 heteroatoms. The number of hydrogen-bond acceptors (Lipinski definition) is 5. The van der Waals surface area contributed by atoms with E-state index in [1.165, 1.54) is 0 Å². The van der Waals surface area contributed by atoms with E-state index in [9.17, 15) is 0 Å². The topological polar surface area (TPSA) is 70.3 Å². The molecule has 0 aliphatic heterocycles. The lowest BCUT2D eigenvalue weighted by Crippen LogP contribution is -2.01. The molecule has 0 saturated carbocycles. The van der Waals surface area contributed by atoms with Gasteiger partial charge in [0, 0.05) is 12.7 Å². The Morgan fingerprint density at radius 2 is 2.17 bits per heavy atom. The van der Waals surface area contributed by atoms with Crippen molar-refractivity contribution in [3.8, 4) is 17.5 Å². The van der Waals surface area contributed by atoms with Crippen LogP contribution in [0.1, 0.15) is 5.69 Å². The minimum Gasteiger partial charge on any atom is -0.497 e. The minimum atomic E-state index is 0.267. The zero-order valence-corrected chi connectivity index (χ0v) is 11.3. The predicted octanol–water partition coefficient (Wildman–Crippen LogP) is 2.50. The van der Waals surface area contributed by atoms with Crippen molar-refractivity contribution in [1.29, 1.82) is 0 Å². The fourth-order valence-corrected chi connectivity index (χ4v) is 1.77. The van der Waals surface area contributed by atoms with Crippen LogP contribution < -0.4 is 15.2 Å². The third-order valence-electron chi connectivity index (χ3n) is 2.24. The lowest BCUT2D eigenvalue weighted by atomic mass is 10.3. The molecular weight excluding hydrogens is 298 g/mol. The van der Waals surface area contributed by atoms with Crippen LogP contribution in [-0.4, -0.2) is 17.1 Å². The van der Waals surface area contributed by atoms with Crippen molar-refractivity contribution in [2.75, 3.05) is 7.11 Å². The van der Waals surface area contributed by atoms with E-state index in [-0.39, 0.29) is 6.01 Å². The number of hydrogen-bond donors (Lipinski definition) is 1. The molecule has 1 aromatic heterocycles. The van der Waals surface area contributed by atoms with Crippen molar-refractivity contribution in [1.82, 2.24) is 9.97 Å². The highest BCUT2D eigenvalue weighted by Crippen LogP contribution is 2.31. The Morgan fingerprint density at radius 1 is 1.33 bits per heavy atom. The van der Waals surface area contributed by atoms with Gasteiger partial charge in [-0.15, -0.1) is 0 Å². The second-order valence-corrected chi connectivity index (χ2v) is 4.29. The van der Waals surface area contributed by atoms with E-state index in [0.717, 1.165) is 15.9 Å². The van der Waals surface area contributed by atoms with Gasteiger partial charge in [0.25, 0.3) is 0 Å². The number of ether oxygens (including phenoxy) is 2. The van der Waals surface area contributed by atoms with Gasteiger partial charge in [-0.3, -0.25) is 0 Å². The molecule has 0 unspecified atom stereocenters. The molecule has 0 spiro atoms. The first-order chi connectivity index (χ1) is 8.72. The van der Waals surface area contributed by atoms with E-state index in [1.54, 1.807) is 31.5 Å². The molecule has 94 valence electrons. The monoisotopic (exact) mass is 309 g/mol. The summed E-state index contributed by atoms with van der Waals surface area (Å²) >= 11 is 3.40.